The lowest BCUT2D eigenvalue weighted by molar-refractivity contribution is 0.321. The molecule has 1 N–H and O–H groups in total. The summed E-state index contributed by atoms with van der Waals surface area (Å²) in [6.45, 7) is 0. The monoisotopic (exact) mass is 299 g/mol. The Kier molecular flexibility index (Phi) is 3.28. The van der Waals surface area contributed by atoms with Crippen LogP contribution in [0, 0.1) is 9.39 Å². The summed E-state index contributed by atoms with van der Waals surface area (Å²) in [5.41, 5.74) is 0.214. The Hall–Kier alpha value is -0.360. The lowest BCUT2D eigenvalue weighted by Crippen LogP contribution is -1.92. The van der Waals surface area contributed by atoms with E-state index in [1.807, 2.05) is 0 Å². The van der Waals surface area contributed by atoms with Gasteiger partial charge in [-0.2, -0.15) is 0 Å². The van der Waals surface area contributed by atoms with Gasteiger partial charge >= 0.3 is 0 Å². The van der Waals surface area contributed by atoms with Crippen molar-refractivity contribution in [3.63, 3.8) is 0 Å². The van der Waals surface area contributed by atoms with Crippen LogP contribution in [0.3, 0.4) is 0 Å². The van der Waals surface area contributed by atoms with Crippen molar-refractivity contribution < 1.29 is 9.60 Å². The molecule has 0 radical (unpaired) electrons. The predicted octanol–water partition coefficient (Wildman–Crippen LogP) is 2.89. The molecule has 0 spiro atoms. The molecule has 0 aliphatic rings. The van der Waals surface area contributed by atoms with Crippen molar-refractivity contribution in [3.05, 3.63) is 32.1 Å². The van der Waals surface area contributed by atoms with E-state index in [9.17, 15) is 4.39 Å². The van der Waals surface area contributed by atoms with Gasteiger partial charge in [0.25, 0.3) is 0 Å². The van der Waals surface area contributed by atoms with Gasteiger partial charge in [-0.3, -0.25) is 0 Å². The minimum absolute atomic E-state index is 0.214. The Morgan fingerprint density at radius 2 is 2.25 bits per heavy atom. The molecule has 0 unspecified atom stereocenters. The van der Waals surface area contributed by atoms with Crippen LogP contribution in [0.1, 0.15) is 5.56 Å². The molecule has 1 aromatic carbocycles. The lowest BCUT2D eigenvalue weighted by atomic mass is 10.2. The van der Waals surface area contributed by atoms with Crippen molar-refractivity contribution in [2.24, 2.45) is 5.16 Å². The number of oxime groups is 1. The minimum atomic E-state index is -0.471. The molecule has 0 amide bonds. The maximum Gasteiger partial charge on any atom is 0.146 e. The van der Waals surface area contributed by atoms with Crippen LogP contribution in [0.25, 0.3) is 0 Å². The van der Waals surface area contributed by atoms with Crippen LogP contribution in [0.4, 0.5) is 4.39 Å². The quantitative estimate of drug-likeness (QED) is 0.279. The highest BCUT2D eigenvalue weighted by Gasteiger charge is 2.07. The molecule has 0 saturated carbocycles. The molecule has 0 saturated heterocycles. The normalized spacial score (nSPS) is 10.9. The van der Waals surface area contributed by atoms with E-state index >= 15 is 0 Å². The minimum Gasteiger partial charge on any atom is -0.411 e. The highest BCUT2D eigenvalue weighted by Crippen LogP contribution is 2.22. The summed E-state index contributed by atoms with van der Waals surface area (Å²) in [5.74, 6) is -0.471. The molecule has 0 fully saturated rings. The first-order valence-corrected chi connectivity index (χ1v) is 4.43. The van der Waals surface area contributed by atoms with Gasteiger partial charge in [-0.05, 0) is 34.7 Å². The van der Waals surface area contributed by atoms with E-state index in [1.54, 1.807) is 28.7 Å². The van der Waals surface area contributed by atoms with Crippen LogP contribution >= 0.6 is 34.2 Å². The van der Waals surface area contributed by atoms with E-state index in [0.717, 1.165) is 6.21 Å². The number of hydrogen-bond acceptors (Lipinski definition) is 2. The van der Waals surface area contributed by atoms with Crippen molar-refractivity contribution in [1.29, 1.82) is 0 Å². The van der Waals surface area contributed by atoms with E-state index in [4.69, 9.17) is 16.8 Å². The standard InChI is InChI=1S/C7H4ClFINO/c8-5-2-1-4(3-11-12)6(9)7(5)10/h1-3,12H/b11-3+. The Morgan fingerprint density at radius 1 is 1.58 bits per heavy atom. The Bertz CT molecular complexity index is 329. The molecular formula is C7H4ClFINO. The molecule has 0 aliphatic heterocycles. The van der Waals surface area contributed by atoms with Crippen LogP contribution in [0.15, 0.2) is 17.3 Å². The maximum absolute atomic E-state index is 13.2. The Morgan fingerprint density at radius 3 is 2.83 bits per heavy atom. The van der Waals surface area contributed by atoms with Crippen molar-refractivity contribution in [3.8, 4) is 0 Å². The second kappa shape index (κ2) is 4.04. The van der Waals surface area contributed by atoms with Gasteiger partial charge in [0.1, 0.15) is 5.82 Å². The maximum atomic E-state index is 13.2. The lowest BCUT2D eigenvalue weighted by Gasteiger charge is -1.99. The van der Waals surface area contributed by atoms with E-state index in [0.29, 0.717) is 8.59 Å². The molecule has 12 heavy (non-hydrogen) atoms. The topological polar surface area (TPSA) is 32.6 Å². The zero-order valence-electron chi connectivity index (χ0n) is 5.76. The zero-order chi connectivity index (χ0) is 9.14. The fraction of sp³-hybridized carbons (Fsp3) is 0. The summed E-state index contributed by atoms with van der Waals surface area (Å²) in [6, 6.07) is 2.99. The van der Waals surface area contributed by atoms with E-state index in [2.05, 4.69) is 5.16 Å². The highest BCUT2D eigenvalue weighted by molar-refractivity contribution is 14.1. The number of benzene rings is 1. The molecule has 0 aromatic heterocycles. The average molecular weight is 299 g/mol. The van der Waals surface area contributed by atoms with E-state index in [1.165, 1.54) is 6.07 Å². The smallest absolute Gasteiger partial charge is 0.146 e. The van der Waals surface area contributed by atoms with Crippen LogP contribution < -0.4 is 0 Å². The second-order valence-electron chi connectivity index (χ2n) is 2.01. The fourth-order valence-electron chi connectivity index (χ4n) is 0.703. The first kappa shape index (κ1) is 9.73. The third kappa shape index (κ3) is 1.87. The Balaban J connectivity index is 3.26. The van der Waals surface area contributed by atoms with Crippen LogP contribution in [-0.4, -0.2) is 11.4 Å². The zero-order valence-corrected chi connectivity index (χ0v) is 8.67. The molecule has 0 aliphatic carbocycles. The third-order valence-electron chi connectivity index (χ3n) is 1.26. The van der Waals surface area contributed by atoms with Crippen LogP contribution in [-0.2, 0) is 0 Å². The van der Waals surface area contributed by atoms with Crippen LogP contribution in [0.2, 0.25) is 5.02 Å². The van der Waals surface area contributed by atoms with Gasteiger partial charge in [-0.1, -0.05) is 16.8 Å². The molecule has 64 valence electrons. The number of nitrogens with zero attached hydrogens (tertiary/aromatic N) is 1. The highest BCUT2D eigenvalue weighted by atomic mass is 127. The van der Waals surface area contributed by atoms with Crippen LogP contribution in [0.5, 0.6) is 0 Å². The molecular weight excluding hydrogens is 295 g/mol. The van der Waals surface area contributed by atoms with Crippen molar-refractivity contribution in [2.75, 3.05) is 0 Å². The largest absolute Gasteiger partial charge is 0.411 e. The van der Waals surface area contributed by atoms with E-state index in [-0.39, 0.29) is 5.56 Å². The van der Waals surface area contributed by atoms with E-state index < -0.39 is 5.82 Å². The van der Waals surface area contributed by atoms with Gasteiger partial charge in [0.2, 0.25) is 0 Å². The summed E-state index contributed by atoms with van der Waals surface area (Å²) in [7, 11) is 0. The molecule has 5 heteroatoms. The summed E-state index contributed by atoms with van der Waals surface area (Å²) in [5, 5.41) is 11.2. The van der Waals surface area contributed by atoms with Crippen molar-refractivity contribution in [1.82, 2.24) is 0 Å². The SMILES string of the molecule is O/N=C/c1ccc(Cl)c(I)c1F. The molecule has 2 nitrogen and oxygen atoms in total. The third-order valence-corrected chi connectivity index (χ3v) is 2.95. The molecule has 0 bridgehead atoms. The van der Waals surface area contributed by atoms with Gasteiger partial charge in [0, 0.05) is 5.56 Å². The van der Waals surface area contributed by atoms with Gasteiger partial charge in [0.05, 0.1) is 14.8 Å². The summed E-state index contributed by atoms with van der Waals surface area (Å²) < 4.78 is 13.5. The average Bonchev–Trinajstić information content (AvgIpc) is 2.07. The summed E-state index contributed by atoms with van der Waals surface area (Å²) >= 11 is 7.42. The predicted molar refractivity (Wildman–Crippen MR) is 53.5 cm³/mol. The van der Waals surface area contributed by atoms with Crippen molar-refractivity contribution in [2.45, 2.75) is 0 Å². The van der Waals surface area contributed by atoms with Gasteiger partial charge in [-0.15, -0.1) is 0 Å². The summed E-state index contributed by atoms with van der Waals surface area (Å²) in [6.07, 6.45) is 1.02. The Labute approximate surface area is 87.2 Å². The number of hydrogen-bond donors (Lipinski definition) is 1. The van der Waals surface area contributed by atoms with Gasteiger partial charge in [-0.25, -0.2) is 4.39 Å². The molecule has 0 atom stereocenters. The summed E-state index contributed by atoms with van der Waals surface area (Å²) in [4.78, 5) is 0. The number of halogens is 3. The fourth-order valence-corrected chi connectivity index (χ4v) is 1.34. The number of rotatable bonds is 1. The molecule has 1 aromatic rings. The first-order chi connectivity index (χ1) is 5.66. The van der Waals surface area contributed by atoms with Gasteiger partial charge in [0.15, 0.2) is 0 Å². The van der Waals surface area contributed by atoms with Crippen molar-refractivity contribution >= 4 is 40.4 Å². The first-order valence-electron chi connectivity index (χ1n) is 2.97. The second-order valence-corrected chi connectivity index (χ2v) is 3.50. The van der Waals surface area contributed by atoms with Gasteiger partial charge < -0.3 is 5.21 Å². The molecule has 0 heterocycles. The molecule has 1 rings (SSSR count).